The first kappa shape index (κ1) is 14.5. The Kier molecular flexibility index (Phi) is 3.75. The first-order valence-electron chi connectivity index (χ1n) is 6.41. The number of methoxy groups -OCH3 is 1. The summed E-state index contributed by atoms with van der Waals surface area (Å²) in [5.74, 6) is -0.365. The maximum atomic E-state index is 11.9. The molecule has 0 radical (unpaired) electrons. The fourth-order valence-corrected chi connectivity index (χ4v) is 4.22. The zero-order valence-electron chi connectivity index (χ0n) is 11.3. The van der Waals surface area contributed by atoms with Crippen LogP contribution in [0.15, 0.2) is 12.7 Å². The van der Waals surface area contributed by atoms with Crippen LogP contribution in [-0.2, 0) is 23.8 Å². The lowest BCUT2D eigenvalue weighted by Crippen LogP contribution is -2.52. The molecule has 3 aliphatic carbocycles. The van der Waals surface area contributed by atoms with Gasteiger partial charge >= 0.3 is 5.97 Å². The van der Waals surface area contributed by atoms with Crippen molar-refractivity contribution in [1.82, 2.24) is 0 Å². The summed E-state index contributed by atoms with van der Waals surface area (Å²) in [5.41, 5.74) is -0.392. The molecule has 0 aromatic heterocycles. The summed E-state index contributed by atoms with van der Waals surface area (Å²) >= 11 is 0. The van der Waals surface area contributed by atoms with E-state index >= 15 is 0 Å². The molecule has 0 spiro atoms. The Morgan fingerprint density at radius 2 is 2.16 bits per heavy atom. The molecule has 3 saturated carbocycles. The average molecular weight is 288 g/mol. The van der Waals surface area contributed by atoms with Crippen LogP contribution in [0.2, 0.25) is 0 Å². The van der Waals surface area contributed by atoms with Crippen molar-refractivity contribution >= 4 is 16.1 Å². The van der Waals surface area contributed by atoms with Crippen LogP contribution >= 0.6 is 0 Å². The summed E-state index contributed by atoms with van der Waals surface area (Å²) in [4.78, 5) is 11.9. The molecule has 2 bridgehead atoms. The largest absolute Gasteiger partial charge is 0.469 e. The SMILES string of the molecule is C=C[C@@]12CC[C@@H](C[C@@H]1C(=O)OC)[C@@H](OS(C)(=O)=O)C2. The van der Waals surface area contributed by atoms with Gasteiger partial charge in [-0.2, -0.15) is 8.42 Å². The molecule has 3 aliphatic rings. The average Bonchev–Trinajstić information content (AvgIpc) is 2.36. The summed E-state index contributed by atoms with van der Waals surface area (Å²) in [7, 11) is -2.09. The number of rotatable bonds is 4. The molecule has 6 heteroatoms. The van der Waals surface area contributed by atoms with Crippen LogP contribution in [0.25, 0.3) is 0 Å². The van der Waals surface area contributed by atoms with Crippen LogP contribution in [-0.4, -0.2) is 33.9 Å². The number of ether oxygens (including phenoxy) is 1. The van der Waals surface area contributed by atoms with Crippen LogP contribution in [0, 0.1) is 17.3 Å². The van der Waals surface area contributed by atoms with Crippen LogP contribution < -0.4 is 0 Å². The van der Waals surface area contributed by atoms with Gasteiger partial charge in [-0.25, -0.2) is 0 Å². The van der Waals surface area contributed by atoms with E-state index in [0.717, 1.165) is 19.1 Å². The summed E-state index contributed by atoms with van der Waals surface area (Å²) < 4.78 is 32.6. The number of allylic oxidation sites excluding steroid dienone is 1. The molecule has 19 heavy (non-hydrogen) atoms. The minimum absolute atomic E-state index is 0.0978. The third kappa shape index (κ3) is 2.69. The molecule has 0 aromatic carbocycles. The van der Waals surface area contributed by atoms with Crippen LogP contribution in [0.3, 0.4) is 0 Å². The standard InChI is InChI=1S/C13H20O5S/c1-4-13-6-5-9(7-10(13)12(14)17-2)11(8-13)18-19(3,15)16/h4,9-11H,1,5-8H2,2-3H3/t9-,10+,11-,13-/m0/s1. The first-order chi connectivity index (χ1) is 8.81. The molecule has 3 fully saturated rings. The van der Waals surface area contributed by atoms with E-state index in [1.807, 2.05) is 0 Å². The van der Waals surface area contributed by atoms with Gasteiger partial charge in [0, 0.05) is 5.41 Å². The normalized spacial score (nSPS) is 37.9. The predicted molar refractivity (Wildman–Crippen MR) is 69.8 cm³/mol. The quantitative estimate of drug-likeness (QED) is 0.445. The lowest BCUT2D eigenvalue weighted by molar-refractivity contribution is -0.159. The highest BCUT2D eigenvalue weighted by atomic mass is 32.2. The summed E-state index contributed by atoms with van der Waals surface area (Å²) in [6.45, 7) is 3.84. The summed E-state index contributed by atoms with van der Waals surface area (Å²) in [6, 6.07) is 0. The van der Waals surface area contributed by atoms with Crippen molar-refractivity contribution in [3.8, 4) is 0 Å². The van der Waals surface area contributed by atoms with Crippen molar-refractivity contribution < 1.29 is 22.1 Å². The molecule has 0 saturated heterocycles. The van der Waals surface area contributed by atoms with Crippen LogP contribution in [0.1, 0.15) is 25.7 Å². The zero-order chi connectivity index (χ0) is 14.3. The molecule has 4 atom stereocenters. The first-order valence-corrected chi connectivity index (χ1v) is 8.22. The van der Waals surface area contributed by atoms with Gasteiger partial charge in [0.25, 0.3) is 10.1 Å². The Balaban J connectivity index is 2.24. The van der Waals surface area contributed by atoms with Gasteiger partial charge in [0.05, 0.1) is 25.4 Å². The molecule has 0 amide bonds. The van der Waals surface area contributed by atoms with Gasteiger partial charge in [-0.05, 0) is 31.6 Å². The molecule has 3 rings (SSSR count). The number of carbonyl (C=O) groups excluding carboxylic acids is 1. The monoisotopic (exact) mass is 288 g/mol. The van der Waals surface area contributed by atoms with Gasteiger partial charge in [-0.3, -0.25) is 8.98 Å². The second-order valence-electron chi connectivity index (χ2n) is 5.59. The van der Waals surface area contributed by atoms with Gasteiger partial charge in [0.1, 0.15) is 0 Å². The van der Waals surface area contributed by atoms with E-state index in [1.165, 1.54) is 7.11 Å². The smallest absolute Gasteiger partial charge is 0.309 e. The highest BCUT2D eigenvalue weighted by molar-refractivity contribution is 7.86. The van der Waals surface area contributed by atoms with Gasteiger partial charge in [-0.15, -0.1) is 6.58 Å². The Morgan fingerprint density at radius 1 is 1.47 bits per heavy atom. The van der Waals surface area contributed by atoms with Crippen molar-refractivity contribution in [2.45, 2.75) is 31.8 Å². The highest BCUT2D eigenvalue weighted by Gasteiger charge is 2.54. The van der Waals surface area contributed by atoms with Crippen molar-refractivity contribution in [1.29, 1.82) is 0 Å². The number of esters is 1. The van der Waals surface area contributed by atoms with Gasteiger partial charge in [-0.1, -0.05) is 6.08 Å². The third-order valence-corrected chi connectivity index (χ3v) is 5.11. The molecule has 0 aromatic rings. The minimum Gasteiger partial charge on any atom is -0.469 e. The minimum atomic E-state index is -3.47. The maximum Gasteiger partial charge on any atom is 0.309 e. The molecule has 0 unspecified atom stereocenters. The van der Waals surface area contributed by atoms with Crippen molar-refractivity contribution in [2.24, 2.45) is 17.3 Å². The van der Waals surface area contributed by atoms with Crippen molar-refractivity contribution in [3.05, 3.63) is 12.7 Å². The number of carbonyl (C=O) groups is 1. The van der Waals surface area contributed by atoms with Crippen LogP contribution in [0.4, 0.5) is 0 Å². The van der Waals surface area contributed by atoms with Gasteiger partial charge in [0.15, 0.2) is 0 Å². The predicted octanol–water partition coefficient (Wildman–Crippen LogP) is 1.50. The molecule has 108 valence electrons. The van der Waals surface area contributed by atoms with E-state index < -0.39 is 15.5 Å². The number of hydrogen-bond donors (Lipinski definition) is 0. The Hall–Kier alpha value is -0.880. The lowest BCUT2D eigenvalue weighted by atomic mass is 9.54. The number of fused-ring (bicyclic) bond motifs is 3. The lowest BCUT2D eigenvalue weighted by Gasteiger charge is -2.52. The molecular weight excluding hydrogens is 268 g/mol. The molecule has 5 nitrogen and oxygen atoms in total. The molecule has 0 heterocycles. The highest BCUT2D eigenvalue weighted by Crippen LogP contribution is 2.55. The fraction of sp³-hybridized carbons (Fsp3) is 0.769. The zero-order valence-corrected chi connectivity index (χ0v) is 12.1. The second-order valence-corrected chi connectivity index (χ2v) is 7.19. The van der Waals surface area contributed by atoms with Gasteiger partial charge < -0.3 is 4.74 Å². The Bertz CT molecular complexity index is 483. The Morgan fingerprint density at radius 3 is 2.68 bits per heavy atom. The maximum absolute atomic E-state index is 11.9. The van der Waals surface area contributed by atoms with Crippen molar-refractivity contribution in [2.75, 3.05) is 13.4 Å². The van der Waals surface area contributed by atoms with Crippen molar-refractivity contribution in [3.63, 3.8) is 0 Å². The van der Waals surface area contributed by atoms with E-state index in [4.69, 9.17) is 8.92 Å². The van der Waals surface area contributed by atoms with E-state index in [2.05, 4.69) is 6.58 Å². The van der Waals surface area contributed by atoms with E-state index in [0.29, 0.717) is 12.8 Å². The van der Waals surface area contributed by atoms with Crippen LogP contribution in [0.5, 0.6) is 0 Å². The molecule has 0 aliphatic heterocycles. The van der Waals surface area contributed by atoms with E-state index in [1.54, 1.807) is 6.08 Å². The fourth-order valence-electron chi connectivity index (χ4n) is 3.54. The summed E-state index contributed by atoms with van der Waals surface area (Å²) in [6.07, 6.45) is 5.33. The van der Waals surface area contributed by atoms with Gasteiger partial charge in [0.2, 0.25) is 0 Å². The summed E-state index contributed by atoms with van der Waals surface area (Å²) in [5, 5.41) is 0. The van der Waals surface area contributed by atoms with E-state index in [9.17, 15) is 13.2 Å². The topological polar surface area (TPSA) is 69.7 Å². The second kappa shape index (κ2) is 4.90. The third-order valence-electron chi connectivity index (χ3n) is 4.51. The van der Waals surface area contributed by atoms with E-state index in [-0.39, 0.29) is 23.9 Å². The molecule has 0 N–H and O–H groups in total. The Labute approximate surface area is 114 Å². The molecular formula is C13H20O5S. The number of hydrogen-bond acceptors (Lipinski definition) is 5.